The number of hydrogen-bond donors (Lipinski definition) is 1. The summed E-state index contributed by atoms with van der Waals surface area (Å²) in [5.74, 6) is 2.62. The summed E-state index contributed by atoms with van der Waals surface area (Å²) in [4.78, 5) is 10.8. The zero-order valence-electron chi connectivity index (χ0n) is 31.4. The molecule has 1 N–H and O–H groups in total. The Balaban J connectivity index is 1.15. The van der Waals surface area contributed by atoms with E-state index in [0.717, 1.165) is 72.8 Å². The standard InChI is InChI=1S/C54H35N3O/c1-4-16-34(17-5-1)45-33-46(57-53(56-45)36-20-8-3-9-21-36)37-28-29-39-47(32-37)55-52(35-18-6-2-7-19-35)40-30-31-44-51(50(39)40)38-22-10-11-23-41(38)54(44)42-24-12-14-26-48(42)58-49-27-15-13-25-43(49)54/h1-33,45H,(H,56,57). The number of aliphatic imine (C=N–C) groups is 1. The Hall–Kier alpha value is -7.56. The van der Waals surface area contributed by atoms with E-state index in [1.165, 1.54) is 33.2 Å². The van der Waals surface area contributed by atoms with Gasteiger partial charge in [0.1, 0.15) is 17.3 Å². The maximum Gasteiger partial charge on any atom is 0.134 e. The van der Waals surface area contributed by atoms with Crippen LogP contribution in [0.1, 0.15) is 45.0 Å². The van der Waals surface area contributed by atoms with E-state index in [9.17, 15) is 0 Å². The molecule has 3 heterocycles. The van der Waals surface area contributed by atoms with E-state index in [1.807, 2.05) is 6.07 Å². The van der Waals surface area contributed by atoms with Crippen molar-refractivity contribution >= 4 is 33.2 Å². The quantitative estimate of drug-likeness (QED) is 0.183. The molecule has 1 spiro atoms. The molecule has 0 fully saturated rings. The molecule has 1 aromatic heterocycles. The molecule has 0 saturated heterocycles. The lowest BCUT2D eigenvalue weighted by Crippen LogP contribution is -2.32. The maximum absolute atomic E-state index is 6.64. The van der Waals surface area contributed by atoms with Crippen molar-refractivity contribution in [1.29, 1.82) is 0 Å². The van der Waals surface area contributed by atoms with Crippen molar-refractivity contribution in [1.82, 2.24) is 10.3 Å². The predicted octanol–water partition coefficient (Wildman–Crippen LogP) is 12.7. The third-order valence-electron chi connectivity index (χ3n) is 12.2. The molecule has 12 rings (SSSR count). The SMILES string of the molecule is C1=C(c2ccc3c(c2)nc(-c2ccccc2)c2ccc4c(c23)-c2ccccc2C42c3ccccc3Oc3ccccc32)N=C(c2ccccc2)NC1c1ccccc1. The monoisotopic (exact) mass is 741 g/mol. The molecule has 1 aliphatic carbocycles. The van der Waals surface area contributed by atoms with Crippen molar-refractivity contribution in [3.05, 3.63) is 239 Å². The summed E-state index contributed by atoms with van der Waals surface area (Å²) in [6, 6.07) is 69.0. The number of benzene rings is 8. The molecular formula is C54H35N3O. The molecule has 1 unspecified atom stereocenters. The summed E-state index contributed by atoms with van der Waals surface area (Å²) < 4.78 is 6.64. The largest absolute Gasteiger partial charge is 0.457 e. The Kier molecular flexibility index (Phi) is 7.17. The van der Waals surface area contributed by atoms with Gasteiger partial charge >= 0.3 is 0 Å². The number of hydrogen-bond acceptors (Lipinski definition) is 4. The maximum atomic E-state index is 6.64. The van der Waals surface area contributed by atoms with Crippen LogP contribution in [0.3, 0.4) is 0 Å². The van der Waals surface area contributed by atoms with E-state index in [-0.39, 0.29) is 6.04 Å². The molecule has 3 aliphatic rings. The van der Waals surface area contributed by atoms with Gasteiger partial charge in [-0.3, -0.25) is 0 Å². The average molecular weight is 742 g/mol. The first-order chi connectivity index (χ1) is 28.8. The van der Waals surface area contributed by atoms with E-state index >= 15 is 0 Å². The third kappa shape index (κ3) is 4.75. The van der Waals surface area contributed by atoms with Gasteiger partial charge in [0, 0.05) is 44.0 Å². The summed E-state index contributed by atoms with van der Waals surface area (Å²) in [6.07, 6.45) is 2.24. The van der Waals surface area contributed by atoms with Crippen LogP contribution in [0.15, 0.2) is 205 Å². The Morgan fingerprint density at radius 1 is 0.500 bits per heavy atom. The topological polar surface area (TPSA) is 46.5 Å². The van der Waals surface area contributed by atoms with E-state index in [1.54, 1.807) is 0 Å². The molecule has 58 heavy (non-hydrogen) atoms. The van der Waals surface area contributed by atoms with Crippen LogP contribution >= 0.6 is 0 Å². The average Bonchev–Trinajstić information content (AvgIpc) is 3.60. The number of amidine groups is 1. The minimum absolute atomic E-state index is 0.0507. The number of nitrogens with one attached hydrogen (secondary N) is 1. The summed E-state index contributed by atoms with van der Waals surface area (Å²) in [5.41, 5.74) is 13.9. The van der Waals surface area contributed by atoms with Crippen LogP contribution in [-0.2, 0) is 5.41 Å². The first-order valence-electron chi connectivity index (χ1n) is 19.9. The molecule has 272 valence electrons. The van der Waals surface area contributed by atoms with Crippen LogP contribution in [-0.4, -0.2) is 10.8 Å². The number of fused-ring (bicyclic) bond motifs is 13. The lowest BCUT2D eigenvalue weighted by Gasteiger charge is -2.39. The van der Waals surface area contributed by atoms with Gasteiger partial charge in [0.05, 0.1) is 28.4 Å². The summed E-state index contributed by atoms with van der Waals surface area (Å²) in [5, 5.41) is 7.14. The van der Waals surface area contributed by atoms with Crippen molar-refractivity contribution in [2.24, 2.45) is 4.99 Å². The van der Waals surface area contributed by atoms with Gasteiger partial charge in [-0.25, -0.2) is 9.98 Å². The van der Waals surface area contributed by atoms with Gasteiger partial charge in [0.15, 0.2) is 0 Å². The molecule has 0 amide bonds. The Morgan fingerprint density at radius 2 is 1.10 bits per heavy atom. The number of para-hydroxylation sites is 2. The minimum Gasteiger partial charge on any atom is -0.457 e. The molecule has 9 aromatic rings. The van der Waals surface area contributed by atoms with Crippen molar-refractivity contribution in [2.45, 2.75) is 11.5 Å². The first kappa shape index (κ1) is 32.7. The fraction of sp³-hybridized carbons (Fsp3) is 0.0370. The van der Waals surface area contributed by atoms with Crippen LogP contribution in [0.5, 0.6) is 11.5 Å². The van der Waals surface area contributed by atoms with Crippen molar-refractivity contribution < 1.29 is 4.74 Å². The smallest absolute Gasteiger partial charge is 0.134 e. The van der Waals surface area contributed by atoms with Crippen LogP contribution in [0.2, 0.25) is 0 Å². The second-order valence-corrected chi connectivity index (χ2v) is 15.3. The van der Waals surface area contributed by atoms with Crippen molar-refractivity contribution in [3.63, 3.8) is 0 Å². The molecule has 0 radical (unpaired) electrons. The fourth-order valence-electron chi connectivity index (χ4n) is 9.69. The van der Waals surface area contributed by atoms with E-state index in [4.69, 9.17) is 14.7 Å². The second kappa shape index (κ2) is 12.7. The second-order valence-electron chi connectivity index (χ2n) is 15.3. The lowest BCUT2D eigenvalue weighted by molar-refractivity contribution is 0.436. The molecule has 0 saturated carbocycles. The predicted molar refractivity (Wildman–Crippen MR) is 235 cm³/mol. The summed E-state index contributed by atoms with van der Waals surface area (Å²) in [7, 11) is 0. The normalized spacial score (nSPS) is 15.7. The number of ether oxygens (including phenoxy) is 1. The molecule has 1 atom stereocenters. The number of rotatable bonds is 4. The van der Waals surface area contributed by atoms with Crippen molar-refractivity contribution in [3.8, 4) is 33.9 Å². The summed E-state index contributed by atoms with van der Waals surface area (Å²) in [6.45, 7) is 0. The van der Waals surface area contributed by atoms with Gasteiger partial charge in [0.25, 0.3) is 0 Å². The van der Waals surface area contributed by atoms with Gasteiger partial charge < -0.3 is 10.1 Å². The van der Waals surface area contributed by atoms with Crippen LogP contribution in [0, 0.1) is 0 Å². The zero-order chi connectivity index (χ0) is 38.2. The molecule has 2 aliphatic heterocycles. The highest BCUT2D eigenvalue weighted by atomic mass is 16.5. The van der Waals surface area contributed by atoms with Crippen LogP contribution < -0.4 is 10.1 Å². The molecule has 4 nitrogen and oxygen atoms in total. The van der Waals surface area contributed by atoms with Gasteiger partial charge in [0.2, 0.25) is 0 Å². The van der Waals surface area contributed by atoms with Gasteiger partial charge in [-0.05, 0) is 52.1 Å². The van der Waals surface area contributed by atoms with Crippen LogP contribution in [0.4, 0.5) is 0 Å². The van der Waals surface area contributed by atoms with Crippen molar-refractivity contribution in [2.75, 3.05) is 0 Å². The van der Waals surface area contributed by atoms with Crippen LogP contribution in [0.25, 0.3) is 49.8 Å². The van der Waals surface area contributed by atoms with E-state index < -0.39 is 5.41 Å². The first-order valence-corrected chi connectivity index (χ1v) is 19.9. The Labute approximate surface area is 336 Å². The number of nitrogens with zero attached hydrogens (tertiary/aromatic N) is 2. The number of pyridine rings is 1. The van der Waals surface area contributed by atoms with Gasteiger partial charge in [-0.1, -0.05) is 176 Å². The highest BCUT2D eigenvalue weighted by Gasteiger charge is 2.51. The fourth-order valence-corrected chi connectivity index (χ4v) is 9.69. The van der Waals surface area contributed by atoms with Gasteiger partial charge in [-0.15, -0.1) is 0 Å². The molecule has 4 heteroatoms. The van der Waals surface area contributed by atoms with E-state index in [0.29, 0.717) is 0 Å². The molecule has 0 bridgehead atoms. The highest BCUT2D eigenvalue weighted by Crippen LogP contribution is 2.63. The zero-order valence-corrected chi connectivity index (χ0v) is 31.4. The van der Waals surface area contributed by atoms with E-state index in [2.05, 4.69) is 199 Å². The molecular weight excluding hydrogens is 707 g/mol. The summed E-state index contributed by atoms with van der Waals surface area (Å²) >= 11 is 0. The highest BCUT2D eigenvalue weighted by molar-refractivity contribution is 6.20. The minimum atomic E-state index is -0.567. The lowest BCUT2D eigenvalue weighted by atomic mass is 9.66. The third-order valence-corrected chi connectivity index (χ3v) is 12.2. The molecule has 8 aromatic carbocycles. The van der Waals surface area contributed by atoms with Gasteiger partial charge in [-0.2, -0.15) is 0 Å². The Bertz CT molecular complexity index is 3120. The Morgan fingerprint density at radius 3 is 1.83 bits per heavy atom. The number of aromatic nitrogens is 1.